The van der Waals surface area contributed by atoms with Gasteiger partial charge in [-0.25, -0.2) is 17.5 Å². The van der Waals surface area contributed by atoms with Crippen molar-refractivity contribution < 1.29 is 23.4 Å². The highest BCUT2D eigenvalue weighted by Gasteiger charge is 2.25. The monoisotopic (exact) mass is 586 g/mol. The molecule has 4 rings (SSSR count). The molecule has 0 spiro atoms. The highest BCUT2D eigenvalue weighted by atomic mass is 32.2. The number of fused-ring (bicyclic) bond motifs is 1. The summed E-state index contributed by atoms with van der Waals surface area (Å²) in [5, 5.41) is 25.5. The minimum Gasteiger partial charge on any atom is -0.478 e. The molecule has 1 atom stereocenters. The van der Waals surface area contributed by atoms with E-state index in [0.29, 0.717) is 11.1 Å². The van der Waals surface area contributed by atoms with Gasteiger partial charge in [-0.15, -0.1) is 0 Å². The largest absolute Gasteiger partial charge is 0.478 e. The molecule has 0 saturated carbocycles. The number of nitrogens with one attached hydrogen (secondary N) is 1. The third-order valence-corrected chi connectivity index (χ3v) is 8.96. The summed E-state index contributed by atoms with van der Waals surface area (Å²) < 4.78 is 27.9. The lowest BCUT2D eigenvalue weighted by Gasteiger charge is -2.29. The Kier molecular flexibility index (Phi) is 9.96. The number of hydrogen-bond acceptors (Lipinski definition) is 5. The first-order valence-electron chi connectivity index (χ1n) is 13.9. The zero-order chi connectivity index (χ0) is 30.3. The molecule has 0 aliphatic carbocycles. The number of rotatable bonds is 13. The van der Waals surface area contributed by atoms with Crippen molar-refractivity contribution in [3.8, 4) is 11.1 Å². The van der Waals surface area contributed by atoms with Crippen molar-refractivity contribution in [2.75, 3.05) is 20.1 Å². The Labute approximate surface area is 248 Å². The van der Waals surface area contributed by atoms with Gasteiger partial charge in [0.15, 0.2) is 0 Å². The van der Waals surface area contributed by atoms with Crippen LogP contribution in [0.1, 0.15) is 30.5 Å². The van der Waals surface area contributed by atoms with Crippen LogP contribution < -0.4 is 5.32 Å². The fraction of sp³-hybridized carbons (Fsp3) is 0.265. The van der Waals surface area contributed by atoms with Crippen molar-refractivity contribution >= 4 is 32.8 Å². The molecule has 0 aliphatic rings. The van der Waals surface area contributed by atoms with Crippen molar-refractivity contribution in [2.24, 2.45) is 0 Å². The van der Waals surface area contributed by atoms with Crippen molar-refractivity contribution in [3.63, 3.8) is 0 Å². The highest BCUT2D eigenvalue weighted by Crippen LogP contribution is 2.27. The molecule has 4 aromatic rings. The normalized spacial score (nSPS) is 13.2. The summed E-state index contributed by atoms with van der Waals surface area (Å²) in [5.41, 5.74) is 3.72. The molecule has 0 heterocycles. The van der Waals surface area contributed by atoms with Gasteiger partial charge in [-0.3, -0.25) is 0 Å². The average molecular weight is 587 g/mol. The molecule has 4 aromatic carbocycles. The highest BCUT2D eigenvalue weighted by molar-refractivity contribution is 7.88. The number of β-amino-alcohol motifs (C(OH)–C–C–N with tert-alkyl or cyclic N) is 1. The summed E-state index contributed by atoms with van der Waals surface area (Å²) in [7, 11) is -2.25. The van der Waals surface area contributed by atoms with Crippen molar-refractivity contribution in [1.82, 2.24) is 9.62 Å². The molecular weight excluding hydrogens is 548 g/mol. The summed E-state index contributed by atoms with van der Waals surface area (Å²) in [6.07, 6.45) is 2.42. The molecule has 3 N–H and O–H groups in total. The molecule has 0 aromatic heterocycles. The van der Waals surface area contributed by atoms with Crippen LogP contribution in [-0.4, -0.2) is 60.7 Å². The number of carboxylic acids is 1. The predicted octanol–water partition coefficient (Wildman–Crippen LogP) is 5.34. The summed E-state index contributed by atoms with van der Waals surface area (Å²) in [6.45, 7) is 4.34. The van der Waals surface area contributed by atoms with Crippen LogP contribution in [-0.2, 0) is 27.0 Å². The summed E-state index contributed by atoms with van der Waals surface area (Å²) >= 11 is 0. The maximum atomic E-state index is 13.3. The Bertz CT molecular complexity index is 1680. The summed E-state index contributed by atoms with van der Waals surface area (Å²) in [6, 6.07) is 29.2. The molecule has 0 saturated heterocycles. The number of carboxylic acid groups (broad SMARTS) is 1. The summed E-state index contributed by atoms with van der Waals surface area (Å²) in [4.78, 5) is 10.9. The topological polar surface area (TPSA) is 107 Å². The van der Waals surface area contributed by atoms with Crippen molar-refractivity contribution in [2.45, 2.75) is 37.7 Å². The van der Waals surface area contributed by atoms with Gasteiger partial charge in [0.05, 0.1) is 11.9 Å². The van der Waals surface area contributed by atoms with Crippen molar-refractivity contribution in [1.29, 1.82) is 0 Å². The number of aliphatic hydroxyl groups is 1. The molecule has 0 amide bonds. The van der Waals surface area contributed by atoms with Gasteiger partial charge in [0.1, 0.15) is 0 Å². The van der Waals surface area contributed by atoms with E-state index in [1.165, 1.54) is 33.8 Å². The number of aliphatic hydroxyl groups excluding tert-OH is 1. The number of benzene rings is 4. The lowest BCUT2D eigenvalue weighted by molar-refractivity contribution is -0.131. The molecule has 0 fully saturated rings. The van der Waals surface area contributed by atoms with Gasteiger partial charge in [0.25, 0.3) is 0 Å². The zero-order valence-corrected chi connectivity index (χ0v) is 25.0. The minimum atomic E-state index is -3.74. The molecule has 8 heteroatoms. The van der Waals surface area contributed by atoms with Crippen LogP contribution in [0.2, 0.25) is 0 Å². The molecule has 7 nitrogen and oxygen atoms in total. The number of hydrogen-bond donors (Lipinski definition) is 3. The Morgan fingerprint density at radius 2 is 1.67 bits per heavy atom. The standard InChI is InChI=1S/C34H38N2O5S/c1-34(2,21-26-15-17-27-10-4-5-11-28(27)20-26)35-22-31(37)23-36(3)42(40,41)24-30-12-6-7-14-32(30)29-13-8-9-25(19-29)16-18-33(38)39/h4-20,31,35,37H,21-24H2,1-3H3,(H,38,39)/b18-16+/t31-/m1/s1. The number of nitrogens with zero attached hydrogens (tertiary/aromatic N) is 1. The van der Waals surface area contributed by atoms with Gasteiger partial charge < -0.3 is 15.5 Å². The first-order chi connectivity index (χ1) is 19.9. The zero-order valence-electron chi connectivity index (χ0n) is 24.2. The van der Waals surface area contributed by atoms with E-state index in [1.54, 1.807) is 24.3 Å². The number of carbonyl (C=O) groups is 1. The minimum absolute atomic E-state index is 0.0426. The Hall–Kier alpha value is -3.82. The number of likely N-dealkylation sites (N-methyl/N-ethyl adjacent to an activating group) is 1. The third-order valence-electron chi connectivity index (χ3n) is 7.19. The second kappa shape index (κ2) is 13.4. The molecular formula is C34H38N2O5S. The smallest absolute Gasteiger partial charge is 0.328 e. The number of sulfonamides is 1. The van der Waals surface area contributed by atoms with E-state index in [1.807, 2.05) is 36.4 Å². The van der Waals surface area contributed by atoms with E-state index >= 15 is 0 Å². The van der Waals surface area contributed by atoms with Crippen LogP contribution in [0, 0.1) is 0 Å². The fourth-order valence-corrected chi connectivity index (χ4v) is 6.27. The third kappa shape index (κ3) is 8.59. The van der Waals surface area contributed by atoms with E-state index in [4.69, 9.17) is 5.11 Å². The lowest BCUT2D eigenvalue weighted by Crippen LogP contribution is -2.47. The quantitative estimate of drug-likeness (QED) is 0.183. The second-order valence-electron chi connectivity index (χ2n) is 11.3. The van der Waals surface area contributed by atoms with Crippen LogP contribution in [0.15, 0.2) is 97.1 Å². The predicted molar refractivity (Wildman–Crippen MR) is 170 cm³/mol. The van der Waals surface area contributed by atoms with Gasteiger partial charge in [0.2, 0.25) is 10.0 Å². The van der Waals surface area contributed by atoms with Crippen LogP contribution in [0.5, 0.6) is 0 Å². The molecule has 0 bridgehead atoms. The average Bonchev–Trinajstić information content (AvgIpc) is 2.95. The van der Waals surface area contributed by atoms with E-state index in [-0.39, 0.29) is 24.4 Å². The van der Waals surface area contributed by atoms with Crippen LogP contribution in [0.4, 0.5) is 0 Å². The van der Waals surface area contributed by atoms with E-state index in [0.717, 1.165) is 23.6 Å². The van der Waals surface area contributed by atoms with Crippen LogP contribution in [0.25, 0.3) is 28.0 Å². The van der Waals surface area contributed by atoms with Gasteiger partial charge >= 0.3 is 5.97 Å². The van der Waals surface area contributed by atoms with Gasteiger partial charge in [-0.1, -0.05) is 84.9 Å². The maximum Gasteiger partial charge on any atom is 0.328 e. The molecule has 220 valence electrons. The van der Waals surface area contributed by atoms with E-state index in [2.05, 4.69) is 49.5 Å². The Morgan fingerprint density at radius 3 is 2.43 bits per heavy atom. The second-order valence-corrected chi connectivity index (χ2v) is 13.3. The van der Waals surface area contributed by atoms with Crippen LogP contribution >= 0.6 is 0 Å². The van der Waals surface area contributed by atoms with Gasteiger partial charge in [0, 0.05) is 31.8 Å². The first kappa shape index (κ1) is 31.1. The molecule has 0 unspecified atom stereocenters. The van der Waals surface area contributed by atoms with Crippen LogP contribution in [0.3, 0.4) is 0 Å². The lowest BCUT2D eigenvalue weighted by atomic mass is 9.93. The Morgan fingerprint density at radius 1 is 0.952 bits per heavy atom. The molecule has 0 radical (unpaired) electrons. The maximum absolute atomic E-state index is 13.3. The van der Waals surface area contributed by atoms with Gasteiger partial charge in [-0.05, 0) is 71.0 Å². The summed E-state index contributed by atoms with van der Waals surface area (Å²) in [5.74, 6) is -1.27. The first-order valence-corrected chi connectivity index (χ1v) is 15.5. The van der Waals surface area contributed by atoms with Crippen molar-refractivity contribution in [3.05, 3.63) is 114 Å². The SMILES string of the molecule is CN(C[C@H](O)CNC(C)(C)Cc1ccc2ccccc2c1)S(=O)(=O)Cc1ccccc1-c1cccc(/C=C/C(=O)O)c1. The fourth-order valence-electron chi connectivity index (χ4n) is 5.00. The van der Waals surface area contributed by atoms with Gasteiger partial charge in [-0.2, -0.15) is 0 Å². The molecule has 42 heavy (non-hydrogen) atoms. The van der Waals surface area contributed by atoms with E-state index < -0.39 is 22.1 Å². The number of aliphatic carboxylic acids is 1. The van der Waals surface area contributed by atoms with E-state index in [9.17, 15) is 18.3 Å². The molecule has 0 aliphatic heterocycles. The Balaban J connectivity index is 1.37.